The molecular weight excluding hydrogens is 150 g/mol. The molecule has 0 saturated carbocycles. The Hall–Kier alpha value is -0.200. The molecule has 0 spiro atoms. The molecular formula is C6H15NO4. The third-order valence-corrected chi connectivity index (χ3v) is 1.29. The second-order valence-electron chi connectivity index (χ2n) is 2.31. The fraction of sp³-hybridized carbons (Fsp3) is 1.00. The Balaban J connectivity index is 3.34. The smallest absolute Gasteiger partial charge is 0.0895 e. The molecule has 0 aliphatic rings. The molecule has 1 unspecified atom stereocenters. The van der Waals surface area contributed by atoms with E-state index in [0.717, 1.165) is 0 Å². The molecule has 11 heavy (non-hydrogen) atoms. The number of hydrogen-bond acceptors (Lipinski definition) is 5. The van der Waals surface area contributed by atoms with Crippen LogP contribution in [0.15, 0.2) is 0 Å². The number of hydrogen-bond donors (Lipinski definition) is 5. The highest BCUT2D eigenvalue weighted by atomic mass is 16.3. The van der Waals surface area contributed by atoms with Crippen LogP contribution in [-0.4, -0.2) is 58.9 Å². The summed E-state index contributed by atoms with van der Waals surface area (Å²) >= 11 is 0. The molecule has 0 fully saturated rings. The predicted molar refractivity (Wildman–Crippen MR) is 39.1 cm³/mol. The monoisotopic (exact) mass is 165 g/mol. The first kappa shape index (κ1) is 10.8. The van der Waals surface area contributed by atoms with Crippen LogP contribution >= 0.6 is 0 Å². The lowest BCUT2D eigenvalue weighted by atomic mass is 10.3. The summed E-state index contributed by atoms with van der Waals surface area (Å²) in [7, 11) is 0. The Morgan fingerprint density at radius 3 is 1.91 bits per heavy atom. The van der Waals surface area contributed by atoms with Crippen LogP contribution in [0.3, 0.4) is 0 Å². The van der Waals surface area contributed by atoms with E-state index >= 15 is 0 Å². The van der Waals surface area contributed by atoms with Gasteiger partial charge in [-0.25, -0.2) is 0 Å². The van der Waals surface area contributed by atoms with Gasteiger partial charge in [-0.3, -0.25) is 0 Å². The van der Waals surface area contributed by atoms with Gasteiger partial charge in [-0.05, 0) is 0 Å². The molecule has 5 heteroatoms. The van der Waals surface area contributed by atoms with Crippen LogP contribution in [0.1, 0.15) is 0 Å². The van der Waals surface area contributed by atoms with Gasteiger partial charge in [0.05, 0.1) is 32.0 Å². The van der Waals surface area contributed by atoms with E-state index in [1.807, 2.05) is 0 Å². The van der Waals surface area contributed by atoms with E-state index in [1.165, 1.54) is 0 Å². The predicted octanol–water partition coefficient (Wildman–Crippen LogP) is -2.72. The van der Waals surface area contributed by atoms with Crippen molar-refractivity contribution in [2.75, 3.05) is 26.4 Å². The average molecular weight is 165 g/mol. The Morgan fingerprint density at radius 1 is 1.00 bits per heavy atom. The molecule has 5 N–H and O–H groups in total. The number of rotatable bonds is 6. The Labute approximate surface area is 65.3 Å². The average Bonchev–Trinajstić information content (AvgIpc) is 2.06. The summed E-state index contributed by atoms with van der Waals surface area (Å²) in [6.07, 6.45) is -0.837. The van der Waals surface area contributed by atoms with Crippen molar-refractivity contribution >= 4 is 0 Å². The maximum atomic E-state index is 8.82. The fourth-order valence-electron chi connectivity index (χ4n) is 0.554. The summed E-state index contributed by atoms with van der Waals surface area (Å²) in [5, 5.41) is 36.9. The zero-order chi connectivity index (χ0) is 8.69. The van der Waals surface area contributed by atoms with Gasteiger partial charge in [-0.2, -0.15) is 0 Å². The van der Waals surface area contributed by atoms with Gasteiger partial charge in [0.25, 0.3) is 0 Å². The summed E-state index contributed by atoms with van der Waals surface area (Å²) in [5.74, 6) is 0. The maximum Gasteiger partial charge on any atom is 0.0895 e. The van der Waals surface area contributed by atoms with E-state index in [9.17, 15) is 0 Å². The van der Waals surface area contributed by atoms with Crippen molar-refractivity contribution in [3.63, 3.8) is 0 Å². The summed E-state index contributed by atoms with van der Waals surface area (Å²) in [6, 6.07) is -0.420. The summed E-state index contributed by atoms with van der Waals surface area (Å²) in [6.45, 7) is -0.526. The normalized spacial score (nSPS) is 13.9. The topological polar surface area (TPSA) is 93.0 Å². The van der Waals surface area contributed by atoms with Gasteiger partial charge < -0.3 is 25.7 Å². The van der Waals surface area contributed by atoms with Gasteiger partial charge in [-0.15, -0.1) is 0 Å². The molecule has 0 aromatic heterocycles. The van der Waals surface area contributed by atoms with Crippen LogP contribution in [0, 0.1) is 0 Å². The molecule has 0 aliphatic heterocycles. The molecule has 0 bridgehead atoms. The zero-order valence-corrected chi connectivity index (χ0v) is 6.27. The van der Waals surface area contributed by atoms with E-state index in [-0.39, 0.29) is 26.4 Å². The lowest BCUT2D eigenvalue weighted by Crippen LogP contribution is -2.41. The second kappa shape index (κ2) is 6.51. The van der Waals surface area contributed by atoms with Gasteiger partial charge in [0, 0.05) is 6.54 Å². The second-order valence-corrected chi connectivity index (χ2v) is 2.31. The maximum absolute atomic E-state index is 8.82. The van der Waals surface area contributed by atoms with Crippen molar-refractivity contribution in [3.8, 4) is 0 Å². The molecule has 0 saturated heterocycles. The highest BCUT2D eigenvalue weighted by molar-refractivity contribution is 4.66. The third-order valence-electron chi connectivity index (χ3n) is 1.29. The molecule has 1 atom stereocenters. The highest BCUT2D eigenvalue weighted by Gasteiger charge is 2.07. The molecule has 0 rings (SSSR count). The van der Waals surface area contributed by atoms with Crippen LogP contribution in [0.25, 0.3) is 0 Å². The van der Waals surface area contributed by atoms with Crippen molar-refractivity contribution in [1.29, 1.82) is 0 Å². The van der Waals surface area contributed by atoms with Crippen molar-refractivity contribution < 1.29 is 20.4 Å². The van der Waals surface area contributed by atoms with Crippen LogP contribution in [0.5, 0.6) is 0 Å². The summed E-state index contributed by atoms with van der Waals surface area (Å²) in [5.41, 5.74) is 0. The van der Waals surface area contributed by atoms with Gasteiger partial charge in [0.2, 0.25) is 0 Å². The molecule has 5 nitrogen and oxygen atoms in total. The molecule has 0 radical (unpaired) electrons. The quantitative estimate of drug-likeness (QED) is 0.295. The fourth-order valence-corrected chi connectivity index (χ4v) is 0.554. The summed E-state index contributed by atoms with van der Waals surface area (Å²) in [4.78, 5) is 0. The number of nitrogens with one attached hydrogen (secondary N) is 1. The van der Waals surface area contributed by atoms with E-state index < -0.39 is 12.1 Å². The van der Waals surface area contributed by atoms with Gasteiger partial charge in [0.1, 0.15) is 0 Å². The van der Waals surface area contributed by atoms with Gasteiger partial charge >= 0.3 is 0 Å². The number of aliphatic hydroxyl groups excluding tert-OH is 4. The van der Waals surface area contributed by atoms with Crippen molar-refractivity contribution in [1.82, 2.24) is 5.32 Å². The van der Waals surface area contributed by atoms with Gasteiger partial charge in [-0.1, -0.05) is 0 Å². The van der Waals surface area contributed by atoms with Crippen molar-refractivity contribution in [2.24, 2.45) is 0 Å². The standard InChI is InChI=1S/C6H15NO4/c8-2-5(3-9)7-1-6(11)4-10/h5-11H,1-4H2. The lowest BCUT2D eigenvalue weighted by Gasteiger charge is -2.15. The third kappa shape index (κ3) is 5.11. The van der Waals surface area contributed by atoms with E-state index in [2.05, 4.69) is 5.32 Å². The van der Waals surface area contributed by atoms with E-state index in [1.54, 1.807) is 0 Å². The SMILES string of the molecule is OCC(O)CNC(CO)CO. The molecule has 0 heterocycles. The Bertz CT molecular complexity index is 86.7. The minimum atomic E-state index is -0.837. The van der Waals surface area contributed by atoms with E-state index in [0.29, 0.717) is 0 Å². The van der Waals surface area contributed by atoms with Crippen LogP contribution in [0.4, 0.5) is 0 Å². The summed E-state index contributed by atoms with van der Waals surface area (Å²) < 4.78 is 0. The van der Waals surface area contributed by atoms with Crippen molar-refractivity contribution in [2.45, 2.75) is 12.1 Å². The van der Waals surface area contributed by atoms with Crippen LogP contribution < -0.4 is 5.32 Å². The largest absolute Gasteiger partial charge is 0.395 e. The minimum Gasteiger partial charge on any atom is -0.395 e. The number of aliphatic hydroxyl groups is 4. The molecule has 68 valence electrons. The van der Waals surface area contributed by atoms with E-state index in [4.69, 9.17) is 20.4 Å². The first-order chi connectivity index (χ1) is 5.24. The molecule has 0 aromatic rings. The van der Waals surface area contributed by atoms with Gasteiger partial charge in [0.15, 0.2) is 0 Å². The van der Waals surface area contributed by atoms with Crippen molar-refractivity contribution in [3.05, 3.63) is 0 Å². The Morgan fingerprint density at radius 2 is 1.55 bits per heavy atom. The lowest BCUT2D eigenvalue weighted by molar-refractivity contribution is 0.0832. The van der Waals surface area contributed by atoms with Crippen LogP contribution in [0.2, 0.25) is 0 Å². The zero-order valence-electron chi connectivity index (χ0n) is 6.27. The Kier molecular flexibility index (Phi) is 6.39. The highest BCUT2D eigenvalue weighted by Crippen LogP contribution is 1.82. The first-order valence-corrected chi connectivity index (χ1v) is 3.48. The molecule has 0 amide bonds. The molecule has 0 aromatic carbocycles. The minimum absolute atomic E-state index is 0.169. The molecule has 0 aliphatic carbocycles. The van der Waals surface area contributed by atoms with Crippen LogP contribution in [-0.2, 0) is 0 Å². The first-order valence-electron chi connectivity index (χ1n) is 3.48.